The first-order chi connectivity index (χ1) is 8.95. The van der Waals surface area contributed by atoms with E-state index in [4.69, 9.17) is 0 Å². The van der Waals surface area contributed by atoms with E-state index in [1.54, 1.807) is 6.20 Å². The summed E-state index contributed by atoms with van der Waals surface area (Å²) in [6, 6.07) is 3.67. The van der Waals surface area contributed by atoms with Gasteiger partial charge in [-0.15, -0.1) is 0 Å². The number of aromatic nitrogens is 3. The molecule has 0 radical (unpaired) electrons. The molecule has 1 N–H and O–H groups in total. The lowest BCUT2D eigenvalue weighted by molar-refractivity contribution is 0.502. The first-order valence-corrected chi connectivity index (χ1v) is 7.37. The van der Waals surface area contributed by atoms with Crippen molar-refractivity contribution in [3.63, 3.8) is 0 Å². The van der Waals surface area contributed by atoms with E-state index in [0.717, 1.165) is 15.5 Å². The number of pyridine rings is 1. The molecule has 7 nitrogen and oxygen atoms in total. The summed E-state index contributed by atoms with van der Waals surface area (Å²) in [6.45, 7) is 2.80. The van der Waals surface area contributed by atoms with Crippen molar-refractivity contribution in [3.8, 4) is 0 Å². The van der Waals surface area contributed by atoms with Gasteiger partial charge in [0, 0.05) is 26.8 Å². The van der Waals surface area contributed by atoms with Crippen molar-refractivity contribution in [2.45, 2.75) is 20.0 Å². The van der Waals surface area contributed by atoms with E-state index < -0.39 is 10.2 Å². The number of hydrogen-bond acceptors (Lipinski definition) is 4. The van der Waals surface area contributed by atoms with Gasteiger partial charge in [0.15, 0.2) is 5.65 Å². The van der Waals surface area contributed by atoms with Gasteiger partial charge in [0.1, 0.15) is 11.3 Å². The molecule has 0 saturated carbocycles. The molecule has 0 fully saturated rings. The maximum atomic E-state index is 11.7. The fourth-order valence-corrected chi connectivity index (χ4v) is 2.33. The molecule has 8 heteroatoms. The molecule has 0 amide bonds. The molecule has 0 aliphatic rings. The maximum Gasteiger partial charge on any atom is 0.279 e. The Morgan fingerprint density at radius 1 is 1.42 bits per heavy atom. The minimum Gasteiger partial charge on any atom is -0.312 e. The fourth-order valence-electron chi connectivity index (χ4n) is 1.76. The molecule has 104 valence electrons. The normalized spacial score (nSPS) is 12.4. The van der Waals surface area contributed by atoms with Gasteiger partial charge in [-0.3, -0.25) is 0 Å². The Balaban J connectivity index is 2.31. The van der Waals surface area contributed by atoms with Crippen molar-refractivity contribution in [2.24, 2.45) is 0 Å². The van der Waals surface area contributed by atoms with Crippen molar-refractivity contribution >= 4 is 21.4 Å². The zero-order valence-corrected chi connectivity index (χ0v) is 12.0. The number of nitrogens with zero attached hydrogens (tertiary/aromatic N) is 4. The van der Waals surface area contributed by atoms with E-state index in [0.29, 0.717) is 12.4 Å². The van der Waals surface area contributed by atoms with Crippen molar-refractivity contribution in [2.75, 3.05) is 14.1 Å². The molecular weight excluding hydrogens is 266 g/mol. The average Bonchev–Trinajstić information content (AvgIpc) is 2.73. The van der Waals surface area contributed by atoms with Gasteiger partial charge in [0.2, 0.25) is 0 Å². The van der Waals surface area contributed by atoms with Crippen LogP contribution in [0.15, 0.2) is 18.3 Å². The van der Waals surface area contributed by atoms with E-state index in [1.165, 1.54) is 14.1 Å². The number of aryl methyl sites for hydroxylation is 1. The standard InChI is InChI=1S/C11H17N5O2S/c1-4-16-10(8-13-19(17,18)15(2)3)14-9-6-5-7-12-11(9)16/h5-7,13H,4,8H2,1-3H3. The minimum absolute atomic E-state index is 0.144. The summed E-state index contributed by atoms with van der Waals surface area (Å²) in [4.78, 5) is 8.67. The SMILES string of the molecule is CCn1c(CNS(=O)(=O)N(C)C)nc2cccnc21. The molecule has 0 aliphatic carbocycles. The molecule has 0 bridgehead atoms. The second-order valence-corrected chi connectivity index (χ2v) is 6.20. The summed E-state index contributed by atoms with van der Waals surface area (Å²) >= 11 is 0. The second-order valence-electron chi connectivity index (χ2n) is 4.23. The summed E-state index contributed by atoms with van der Waals surface area (Å²) < 4.78 is 28.9. The van der Waals surface area contributed by atoms with Gasteiger partial charge in [-0.2, -0.15) is 17.4 Å². The van der Waals surface area contributed by atoms with Crippen LogP contribution >= 0.6 is 0 Å². The highest BCUT2D eigenvalue weighted by atomic mass is 32.2. The van der Waals surface area contributed by atoms with Crippen LogP contribution in [0.3, 0.4) is 0 Å². The molecule has 0 saturated heterocycles. The number of hydrogen-bond donors (Lipinski definition) is 1. The highest BCUT2D eigenvalue weighted by Crippen LogP contribution is 2.13. The largest absolute Gasteiger partial charge is 0.312 e. The van der Waals surface area contributed by atoms with Gasteiger partial charge >= 0.3 is 0 Å². The van der Waals surface area contributed by atoms with Crippen LogP contribution in [-0.2, 0) is 23.3 Å². The average molecular weight is 283 g/mol. The van der Waals surface area contributed by atoms with Crippen LogP contribution in [-0.4, -0.2) is 41.4 Å². The Morgan fingerprint density at radius 2 is 2.16 bits per heavy atom. The Kier molecular flexibility index (Phi) is 3.83. The number of rotatable bonds is 5. The molecular formula is C11H17N5O2S. The molecule has 2 heterocycles. The van der Waals surface area contributed by atoms with E-state index in [2.05, 4.69) is 14.7 Å². The van der Waals surface area contributed by atoms with Crippen LogP contribution in [0.1, 0.15) is 12.7 Å². The second kappa shape index (κ2) is 5.24. The summed E-state index contributed by atoms with van der Waals surface area (Å²) in [5, 5.41) is 0. The third kappa shape index (κ3) is 2.75. The van der Waals surface area contributed by atoms with Crippen LogP contribution in [0.4, 0.5) is 0 Å². The predicted octanol–water partition coefficient (Wildman–Crippen LogP) is 0.347. The summed E-state index contributed by atoms with van der Waals surface area (Å²) in [5.74, 6) is 0.654. The minimum atomic E-state index is -3.45. The van der Waals surface area contributed by atoms with Gasteiger partial charge in [0.25, 0.3) is 10.2 Å². The fraction of sp³-hybridized carbons (Fsp3) is 0.455. The molecule has 19 heavy (non-hydrogen) atoms. The van der Waals surface area contributed by atoms with Crippen LogP contribution < -0.4 is 4.72 Å². The molecule has 0 unspecified atom stereocenters. The Morgan fingerprint density at radius 3 is 2.79 bits per heavy atom. The number of imidazole rings is 1. The summed E-state index contributed by atoms with van der Waals surface area (Å²) in [7, 11) is -0.492. The zero-order valence-electron chi connectivity index (χ0n) is 11.2. The van der Waals surface area contributed by atoms with Crippen molar-refractivity contribution in [3.05, 3.63) is 24.2 Å². The Bertz CT molecular complexity index is 677. The molecule has 0 aromatic carbocycles. The highest BCUT2D eigenvalue weighted by molar-refractivity contribution is 7.87. The van der Waals surface area contributed by atoms with Crippen LogP contribution in [0.25, 0.3) is 11.2 Å². The topological polar surface area (TPSA) is 80.1 Å². The van der Waals surface area contributed by atoms with Gasteiger partial charge < -0.3 is 4.57 Å². The lowest BCUT2D eigenvalue weighted by Gasteiger charge is -2.12. The molecule has 2 aromatic rings. The quantitative estimate of drug-likeness (QED) is 0.858. The van der Waals surface area contributed by atoms with Crippen LogP contribution in [0.5, 0.6) is 0 Å². The predicted molar refractivity (Wildman–Crippen MR) is 72.6 cm³/mol. The maximum absolute atomic E-state index is 11.7. The lowest BCUT2D eigenvalue weighted by Crippen LogP contribution is -2.35. The Labute approximate surface area is 112 Å². The first-order valence-electron chi connectivity index (χ1n) is 5.93. The number of nitrogens with one attached hydrogen (secondary N) is 1. The molecule has 0 atom stereocenters. The molecule has 2 aromatic heterocycles. The summed E-state index contributed by atoms with van der Waals surface area (Å²) in [5.41, 5.74) is 1.53. The van der Waals surface area contributed by atoms with E-state index in [9.17, 15) is 8.42 Å². The van der Waals surface area contributed by atoms with Gasteiger partial charge in [-0.1, -0.05) is 0 Å². The molecule has 0 aliphatic heterocycles. The summed E-state index contributed by atoms with van der Waals surface area (Å²) in [6.07, 6.45) is 1.70. The Hall–Kier alpha value is -1.51. The first kappa shape index (κ1) is 13.9. The van der Waals surface area contributed by atoms with Gasteiger partial charge in [-0.25, -0.2) is 9.97 Å². The lowest BCUT2D eigenvalue weighted by atomic mass is 10.4. The molecule has 0 spiro atoms. The monoisotopic (exact) mass is 283 g/mol. The molecule has 2 rings (SSSR count). The number of fused-ring (bicyclic) bond motifs is 1. The third-order valence-corrected chi connectivity index (χ3v) is 4.26. The van der Waals surface area contributed by atoms with Crippen LogP contribution in [0.2, 0.25) is 0 Å². The van der Waals surface area contributed by atoms with Gasteiger partial charge in [0.05, 0.1) is 6.54 Å². The smallest absolute Gasteiger partial charge is 0.279 e. The third-order valence-electron chi connectivity index (χ3n) is 2.79. The van der Waals surface area contributed by atoms with E-state index in [-0.39, 0.29) is 6.54 Å². The van der Waals surface area contributed by atoms with Crippen molar-refractivity contribution in [1.82, 2.24) is 23.6 Å². The van der Waals surface area contributed by atoms with Crippen molar-refractivity contribution in [1.29, 1.82) is 0 Å². The van der Waals surface area contributed by atoms with Crippen molar-refractivity contribution < 1.29 is 8.42 Å². The van der Waals surface area contributed by atoms with E-state index >= 15 is 0 Å². The zero-order chi connectivity index (χ0) is 14.0. The van der Waals surface area contributed by atoms with E-state index in [1.807, 2.05) is 23.6 Å². The van der Waals surface area contributed by atoms with Crippen LogP contribution in [0, 0.1) is 0 Å². The highest BCUT2D eigenvalue weighted by Gasteiger charge is 2.16. The van der Waals surface area contributed by atoms with Gasteiger partial charge in [-0.05, 0) is 19.1 Å².